The van der Waals surface area contributed by atoms with Crippen molar-refractivity contribution in [3.63, 3.8) is 0 Å². The van der Waals surface area contributed by atoms with Crippen molar-refractivity contribution in [2.75, 3.05) is 5.32 Å². The molecule has 0 saturated carbocycles. The minimum absolute atomic E-state index is 0.227. The van der Waals surface area contributed by atoms with Crippen LogP contribution >= 0.6 is 0 Å². The predicted octanol–water partition coefficient (Wildman–Crippen LogP) is 5.89. The average molecular weight is 375 g/mol. The van der Waals surface area contributed by atoms with Gasteiger partial charge in [-0.25, -0.2) is 4.79 Å². The van der Waals surface area contributed by atoms with Gasteiger partial charge >= 0.3 is 6.09 Å². The molecule has 28 heavy (non-hydrogen) atoms. The van der Waals surface area contributed by atoms with Crippen LogP contribution < -0.4 is 10.1 Å². The molecule has 4 nitrogen and oxygen atoms in total. The van der Waals surface area contributed by atoms with Gasteiger partial charge in [0.2, 0.25) is 0 Å². The monoisotopic (exact) mass is 375 g/mol. The lowest BCUT2D eigenvalue weighted by Crippen LogP contribution is -2.24. The maximum absolute atomic E-state index is 12.5. The third-order valence-corrected chi connectivity index (χ3v) is 4.95. The number of ether oxygens (including phenoxy) is 1. The average Bonchev–Trinajstić information content (AvgIpc) is 2.68. The molecule has 0 fully saturated rings. The van der Waals surface area contributed by atoms with E-state index >= 15 is 0 Å². The van der Waals surface area contributed by atoms with Gasteiger partial charge in [-0.1, -0.05) is 63.2 Å². The first kappa shape index (κ1) is 19.5. The topological polar surface area (TPSA) is 58.6 Å². The largest absolute Gasteiger partial charge is 0.508 e. The number of anilines is 1. The van der Waals surface area contributed by atoms with Crippen molar-refractivity contribution in [2.45, 2.75) is 32.6 Å². The summed E-state index contributed by atoms with van der Waals surface area (Å²) in [4.78, 5) is 12.5. The molecule has 0 aliphatic rings. The molecule has 0 aromatic heterocycles. The summed E-state index contributed by atoms with van der Waals surface area (Å²) >= 11 is 0. The Labute approximate surface area is 165 Å². The van der Waals surface area contributed by atoms with Crippen LogP contribution in [0.1, 0.15) is 37.5 Å². The first-order valence-corrected chi connectivity index (χ1v) is 9.37. The number of aryl methyl sites for hydroxylation is 1. The fraction of sp³-hybridized carbons (Fsp3) is 0.208. The zero-order valence-corrected chi connectivity index (χ0v) is 16.4. The van der Waals surface area contributed by atoms with Gasteiger partial charge in [-0.15, -0.1) is 0 Å². The van der Waals surface area contributed by atoms with Crippen molar-refractivity contribution in [1.82, 2.24) is 0 Å². The molecule has 3 aromatic carbocycles. The quantitative estimate of drug-likeness (QED) is 0.584. The van der Waals surface area contributed by atoms with Crippen LogP contribution in [-0.4, -0.2) is 11.2 Å². The van der Waals surface area contributed by atoms with E-state index in [-0.39, 0.29) is 11.2 Å². The first-order chi connectivity index (χ1) is 13.4. The molecule has 0 spiro atoms. The summed E-state index contributed by atoms with van der Waals surface area (Å²) in [7, 11) is 0. The summed E-state index contributed by atoms with van der Waals surface area (Å²) in [5.41, 5.74) is 3.48. The highest BCUT2D eigenvalue weighted by molar-refractivity contribution is 5.88. The molecule has 4 heteroatoms. The Bertz CT molecular complexity index is 947. The number of rotatable bonds is 5. The lowest BCUT2D eigenvalue weighted by atomic mass is 9.77. The van der Waals surface area contributed by atoms with E-state index in [2.05, 4.69) is 32.2 Å². The van der Waals surface area contributed by atoms with E-state index in [4.69, 9.17) is 4.74 Å². The number of nitrogens with one attached hydrogen (secondary N) is 1. The van der Waals surface area contributed by atoms with Gasteiger partial charge in [-0.3, -0.25) is 5.32 Å². The van der Waals surface area contributed by atoms with Crippen LogP contribution in [0.4, 0.5) is 10.5 Å². The van der Waals surface area contributed by atoms with Gasteiger partial charge in [0.05, 0.1) is 0 Å². The SMILES string of the molecule is CCc1ccc(C(C)(C)c2ccc(O)cc2)c(NC(=O)Oc2ccccc2)c1. The van der Waals surface area contributed by atoms with Gasteiger partial charge < -0.3 is 9.84 Å². The van der Waals surface area contributed by atoms with E-state index in [1.165, 1.54) is 0 Å². The highest BCUT2D eigenvalue weighted by atomic mass is 16.6. The Morgan fingerprint density at radius 2 is 1.68 bits per heavy atom. The van der Waals surface area contributed by atoms with Crippen molar-refractivity contribution in [3.8, 4) is 11.5 Å². The summed E-state index contributed by atoms with van der Waals surface area (Å²) in [6.07, 6.45) is 0.338. The number of aromatic hydroxyl groups is 1. The minimum Gasteiger partial charge on any atom is -0.508 e. The van der Waals surface area contributed by atoms with Gasteiger partial charge in [0.1, 0.15) is 11.5 Å². The third-order valence-electron chi connectivity index (χ3n) is 4.95. The molecule has 0 atom stereocenters. The summed E-state index contributed by atoms with van der Waals surface area (Å²) in [5, 5.41) is 12.5. The number of carbonyl (C=O) groups excluding carboxylic acids is 1. The number of hydrogen-bond donors (Lipinski definition) is 2. The van der Waals surface area contributed by atoms with E-state index in [0.29, 0.717) is 5.75 Å². The smallest absolute Gasteiger partial charge is 0.417 e. The second-order valence-electron chi connectivity index (χ2n) is 7.23. The molecule has 0 unspecified atom stereocenters. The Morgan fingerprint density at radius 1 is 1.00 bits per heavy atom. The van der Waals surface area contributed by atoms with Crippen molar-refractivity contribution in [2.24, 2.45) is 0 Å². The number of phenolic OH excluding ortho intramolecular Hbond substituents is 1. The number of carbonyl (C=O) groups is 1. The molecule has 0 aliphatic carbocycles. The third kappa shape index (κ3) is 4.34. The van der Waals surface area contributed by atoms with Crippen molar-refractivity contribution in [3.05, 3.63) is 89.5 Å². The van der Waals surface area contributed by atoms with E-state index in [1.807, 2.05) is 42.5 Å². The Kier molecular flexibility index (Phi) is 5.69. The number of amides is 1. The summed E-state index contributed by atoms with van der Waals surface area (Å²) in [6.45, 7) is 6.26. The zero-order chi connectivity index (χ0) is 20.1. The minimum atomic E-state index is -0.526. The molecule has 0 heterocycles. The highest BCUT2D eigenvalue weighted by Gasteiger charge is 2.27. The number of benzene rings is 3. The summed E-state index contributed by atoms with van der Waals surface area (Å²) in [5.74, 6) is 0.719. The fourth-order valence-corrected chi connectivity index (χ4v) is 3.22. The van der Waals surface area contributed by atoms with E-state index in [1.54, 1.807) is 24.3 Å². The van der Waals surface area contributed by atoms with Crippen LogP contribution in [0.5, 0.6) is 11.5 Å². The zero-order valence-electron chi connectivity index (χ0n) is 16.4. The summed E-state index contributed by atoms with van der Waals surface area (Å²) in [6, 6.07) is 22.2. The molecular weight excluding hydrogens is 350 g/mol. The molecule has 0 aliphatic heterocycles. The van der Waals surface area contributed by atoms with Gasteiger partial charge in [-0.05, 0) is 53.4 Å². The molecule has 3 aromatic rings. The standard InChI is InChI=1S/C24H25NO3/c1-4-17-10-15-21(24(2,3)18-11-13-19(26)14-12-18)22(16-17)25-23(27)28-20-8-6-5-7-9-20/h5-16,26H,4H2,1-3H3,(H,25,27). The molecule has 0 saturated heterocycles. The van der Waals surface area contributed by atoms with Crippen molar-refractivity contribution < 1.29 is 14.6 Å². The predicted molar refractivity (Wildman–Crippen MR) is 112 cm³/mol. The molecule has 0 bridgehead atoms. The van der Waals surface area contributed by atoms with E-state index < -0.39 is 6.09 Å². The normalized spacial score (nSPS) is 11.1. The molecule has 3 rings (SSSR count). The Balaban J connectivity index is 1.93. The Hall–Kier alpha value is -3.27. The van der Waals surface area contributed by atoms with Crippen molar-refractivity contribution in [1.29, 1.82) is 0 Å². The lowest BCUT2D eigenvalue weighted by Gasteiger charge is -2.29. The van der Waals surface area contributed by atoms with Crippen LogP contribution in [0.2, 0.25) is 0 Å². The van der Waals surface area contributed by atoms with Crippen LogP contribution in [0, 0.1) is 0 Å². The number of para-hydroxylation sites is 1. The number of hydrogen-bond acceptors (Lipinski definition) is 3. The second-order valence-corrected chi connectivity index (χ2v) is 7.23. The first-order valence-electron chi connectivity index (χ1n) is 9.37. The Morgan fingerprint density at radius 3 is 2.32 bits per heavy atom. The van der Waals surface area contributed by atoms with Crippen LogP contribution in [-0.2, 0) is 11.8 Å². The van der Waals surface area contributed by atoms with E-state index in [0.717, 1.165) is 28.8 Å². The van der Waals surface area contributed by atoms with Crippen molar-refractivity contribution >= 4 is 11.8 Å². The van der Waals surface area contributed by atoms with Gasteiger partial charge in [0.25, 0.3) is 0 Å². The maximum atomic E-state index is 12.5. The fourth-order valence-electron chi connectivity index (χ4n) is 3.22. The van der Waals surface area contributed by atoms with Gasteiger partial charge in [0.15, 0.2) is 0 Å². The van der Waals surface area contributed by atoms with Crippen LogP contribution in [0.3, 0.4) is 0 Å². The second kappa shape index (κ2) is 8.17. The molecular formula is C24H25NO3. The van der Waals surface area contributed by atoms with Crippen LogP contribution in [0.15, 0.2) is 72.8 Å². The van der Waals surface area contributed by atoms with Gasteiger partial charge in [-0.2, -0.15) is 0 Å². The molecule has 1 amide bonds. The molecule has 0 radical (unpaired) electrons. The van der Waals surface area contributed by atoms with E-state index in [9.17, 15) is 9.90 Å². The van der Waals surface area contributed by atoms with Crippen LogP contribution in [0.25, 0.3) is 0 Å². The summed E-state index contributed by atoms with van der Waals surface area (Å²) < 4.78 is 5.40. The highest BCUT2D eigenvalue weighted by Crippen LogP contribution is 2.37. The molecule has 2 N–H and O–H groups in total. The molecule has 144 valence electrons. The number of phenols is 1. The maximum Gasteiger partial charge on any atom is 0.417 e. The van der Waals surface area contributed by atoms with Gasteiger partial charge in [0, 0.05) is 11.1 Å². The lowest BCUT2D eigenvalue weighted by molar-refractivity contribution is 0.215.